The van der Waals surface area contributed by atoms with Gasteiger partial charge in [-0.05, 0) is 45.8 Å². The van der Waals surface area contributed by atoms with Crippen LogP contribution in [0.15, 0.2) is 34.1 Å². The lowest BCUT2D eigenvalue weighted by molar-refractivity contribution is 0.178. The van der Waals surface area contributed by atoms with Crippen molar-refractivity contribution in [3.05, 3.63) is 56.2 Å². The molecule has 1 unspecified atom stereocenters. The zero-order valence-corrected chi connectivity index (χ0v) is 11.1. The van der Waals surface area contributed by atoms with Crippen molar-refractivity contribution in [2.75, 3.05) is 0 Å². The molecule has 1 N–H and O–H groups in total. The van der Waals surface area contributed by atoms with E-state index in [-0.39, 0.29) is 5.56 Å². The second-order valence-corrected chi connectivity index (χ2v) is 6.18. The van der Waals surface area contributed by atoms with Crippen LogP contribution in [0.5, 0.6) is 0 Å². The van der Waals surface area contributed by atoms with Gasteiger partial charge in [0.05, 0.1) is 9.89 Å². The van der Waals surface area contributed by atoms with Crippen molar-refractivity contribution in [1.29, 1.82) is 0 Å². The molecule has 0 saturated carbocycles. The van der Waals surface area contributed by atoms with Crippen molar-refractivity contribution in [2.45, 2.75) is 12.5 Å². The Morgan fingerprint density at radius 1 is 1.18 bits per heavy atom. The van der Waals surface area contributed by atoms with Crippen LogP contribution in [-0.4, -0.2) is 5.11 Å². The third kappa shape index (κ3) is 3.34. The molecule has 0 spiro atoms. The molecular formula is C12H9BrF2OS. The quantitative estimate of drug-likeness (QED) is 0.904. The summed E-state index contributed by atoms with van der Waals surface area (Å²) in [5.41, 5.74) is 0.257. The smallest absolute Gasteiger partial charge is 0.126 e. The highest BCUT2D eigenvalue weighted by Crippen LogP contribution is 2.27. The maximum atomic E-state index is 13.0. The average molecular weight is 319 g/mol. The Hall–Kier alpha value is -0.780. The van der Waals surface area contributed by atoms with Gasteiger partial charge in [-0.1, -0.05) is 0 Å². The van der Waals surface area contributed by atoms with Gasteiger partial charge in [-0.3, -0.25) is 0 Å². The van der Waals surface area contributed by atoms with E-state index in [1.807, 2.05) is 12.1 Å². The highest BCUT2D eigenvalue weighted by Gasteiger charge is 2.12. The summed E-state index contributed by atoms with van der Waals surface area (Å²) in [7, 11) is 0. The minimum Gasteiger partial charge on any atom is -0.388 e. The molecule has 0 fully saturated rings. The fraction of sp³-hybridized carbons (Fsp3) is 0.167. The zero-order valence-electron chi connectivity index (χ0n) is 8.66. The van der Waals surface area contributed by atoms with Crippen molar-refractivity contribution in [3.63, 3.8) is 0 Å². The maximum absolute atomic E-state index is 13.0. The molecule has 1 atom stereocenters. The van der Waals surface area contributed by atoms with Gasteiger partial charge in [0.15, 0.2) is 0 Å². The van der Waals surface area contributed by atoms with Gasteiger partial charge < -0.3 is 5.11 Å². The van der Waals surface area contributed by atoms with E-state index in [2.05, 4.69) is 15.9 Å². The fourth-order valence-electron chi connectivity index (χ4n) is 1.54. The Morgan fingerprint density at radius 3 is 2.35 bits per heavy atom. The first-order valence-corrected chi connectivity index (χ1v) is 6.54. The summed E-state index contributed by atoms with van der Waals surface area (Å²) < 4.78 is 26.9. The van der Waals surface area contributed by atoms with Gasteiger partial charge in [0.1, 0.15) is 11.6 Å². The van der Waals surface area contributed by atoms with E-state index < -0.39 is 17.7 Å². The number of aliphatic hydroxyl groups excluding tert-OH is 1. The van der Waals surface area contributed by atoms with Crippen LogP contribution in [0.3, 0.4) is 0 Å². The summed E-state index contributed by atoms with van der Waals surface area (Å²) in [6, 6.07) is 6.83. The second-order valence-electron chi connectivity index (χ2n) is 3.63. The molecule has 0 saturated heterocycles. The number of benzene rings is 1. The van der Waals surface area contributed by atoms with Gasteiger partial charge in [-0.15, -0.1) is 11.3 Å². The van der Waals surface area contributed by atoms with Crippen molar-refractivity contribution in [1.82, 2.24) is 0 Å². The normalized spacial score (nSPS) is 12.7. The van der Waals surface area contributed by atoms with Crippen molar-refractivity contribution in [3.8, 4) is 0 Å². The second kappa shape index (κ2) is 5.25. The first kappa shape index (κ1) is 12.7. The lowest BCUT2D eigenvalue weighted by Crippen LogP contribution is -2.01. The maximum Gasteiger partial charge on any atom is 0.126 e. The minimum atomic E-state index is -0.897. The fourth-order valence-corrected chi connectivity index (χ4v) is 3.06. The molecule has 1 aromatic heterocycles. The molecule has 0 amide bonds. The summed E-state index contributed by atoms with van der Waals surface area (Å²) in [4.78, 5) is 0.953. The van der Waals surface area contributed by atoms with E-state index in [4.69, 9.17) is 0 Å². The predicted molar refractivity (Wildman–Crippen MR) is 67.0 cm³/mol. The molecule has 0 bridgehead atoms. The Bertz CT molecular complexity index is 507. The first-order chi connectivity index (χ1) is 8.04. The van der Waals surface area contributed by atoms with Gasteiger partial charge in [0, 0.05) is 17.4 Å². The van der Waals surface area contributed by atoms with Crippen molar-refractivity contribution >= 4 is 27.3 Å². The van der Waals surface area contributed by atoms with Gasteiger partial charge in [0.2, 0.25) is 0 Å². The topological polar surface area (TPSA) is 20.2 Å². The molecule has 1 aromatic carbocycles. The summed E-state index contributed by atoms with van der Waals surface area (Å²) in [5.74, 6) is -1.35. The molecule has 1 heterocycles. The zero-order chi connectivity index (χ0) is 12.4. The number of thiophene rings is 1. The van der Waals surface area contributed by atoms with Crippen LogP contribution in [0.25, 0.3) is 0 Å². The van der Waals surface area contributed by atoms with E-state index >= 15 is 0 Å². The number of hydrogen-bond donors (Lipinski definition) is 1. The third-order valence-corrected chi connectivity index (χ3v) is 3.94. The van der Waals surface area contributed by atoms with Crippen LogP contribution < -0.4 is 0 Å². The molecular weight excluding hydrogens is 310 g/mol. The average Bonchev–Trinajstić information content (AvgIpc) is 2.62. The van der Waals surface area contributed by atoms with Crippen LogP contribution in [0.2, 0.25) is 0 Å². The Kier molecular flexibility index (Phi) is 3.91. The molecule has 0 aliphatic rings. The highest BCUT2D eigenvalue weighted by atomic mass is 79.9. The molecule has 2 aromatic rings. The van der Waals surface area contributed by atoms with Crippen molar-refractivity contribution in [2.24, 2.45) is 0 Å². The van der Waals surface area contributed by atoms with Gasteiger partial charge >= 0.3 is 0 Å². The SMILES string of the molecule is OC(Cc1ccc(Br)s1)c1cc(F)cc(F)c1. The predicted octanol–water partition coefficient (Wildman–Crippen LogP) is 4.06. The van der Waals surface area contributed by atoms with E-state index in [0.29, 0.717) is 6.42 Å². The lowest BCUT2D eigenvalue weighted by atomic mass is 10.1. The lowest BCUT2D eigenvalue weighted by Gasteiger charge is -2.09. The molecule has 1 nitrogen and oxygen atoms in total. The minimum absolute atomic E-state index is 0.257. The van der Waals surface area contributed by atoms with Crippen LogP contribution in [0.1, 0.15) is 16.5 Å². The van der Waals surface area contributed by atoms with E-state index in [0.717, 1.165) is 26.9 Å². The molecule has 0 aliphatic heterocycles. The van der Waals surface area contributed by atoms with E-state index in [1.54, 1.807) is 0 Å². The molecule has 17 heavy (non-hydrogen) atoms. The highest BCUT2D eigenvalue weighted by molar-refractivity contribution is 9.11. The Morgan fingerprint density at radius 2 is 1.82 bits per heavy atom. The molecule has 0 aliphatic carbocycles. The third-order valence-electron chi connectivity index (χ3n) is 2.29. The van der Waals surface area contributed by atoms with Gasteiger partial charge in [0.25, 0.3) is 0 Å². The summed E-state index contributed by atoms with van der Waals surface area (Å²) in [6.07, 6.45) is -0.551. The number of halogens is 3. The Labute approximate surface area is 110 Å². The molecule has 2 rings (SSSR count). The first-order valence-electron chi connectivity index (χ1n) is 4.93. The standard InChI is InChI=1S/C12H9BrF2OS/c13-12-2-1-10(17-12)6-11(16)7-3-8(14)5-9(15)4-7/h1-5,11,16H,6H2. The molecule has 5 heteroatoms. The Balaban J connectivity index is 2.16. The van der Waals surface area contributed by atoms with Crippen LogP contribution in [-0.2, 0) is 6.42 Å². The number of rotatable bonds is 3. The van der Waals surface area contributed by atoms with Gasteiger partial charge in [-0.25, -0.2) is 8.78 Å². The molecule has 0 radical (unpaired) electrons. The molecule has 90 valence electrons. The van der Waals surface area contributed by atoms with Crippen molar-refractivity contribution < 1.29 is 13.9 Å². The summed E-state index contributed by atoms with van der Waals surface area (Å²) in [5, 5.41) is 9.89. The van der Waals surface area contributed by atoms with E-state index in [1.165, 1.54) is 11.3 Å². The number of hydrogen-bond acceptors (Lipinski definition) is 2. The van der Waals surface area contributed by atoms with Crippen LogP contribution in [0.4, 0.5) is 8.78 Å². The van der Waals surface area contributed by atoms with Crippen LogP contribution >= 0.6 is 27.3 Å². The summed E-state index contributed by atoms with van der Waals surface area (Å²) in [6.45, 7) is 0. The van der Waals surface area contributed by atoms with Gasteiger partial charge in [-0.2, -0.15) is 0 Å². The monoisotopic (exact) mass is 318 g/mol. The number of aliphatic hydroxyl groups is 1. The van der Waals surface area contributed by atoms with E-state index in [9.17, 15) is 13.9 Å². The van der Waals surface area contributed by atoms with Crippen LogP contribution in [0, 0.1) is 11.6 Å². The largest absolute Gasteiger partial charge is 0.388 e. The summed E-state index contributed by atoms with van der Waals surface area (Å²) >= 11 is 4.81.